The van der Waals surface area contributed by atoms with E-state index in [4.69, 9.17) is 9.47 Å². The molecule has 6 heteroatoms. The smallest absolute Gasteiger partial charge is 0.426 e. The maximum atomic E-state index is 14.2. The molecule has 0 amide bonds. The van der Waals surface area contributed by atoms with Crippen molar-refractivity contribution in [3.8, 4) is 11.5 Å². The quantitative estimate of drug-likeness (QED) is 0.606. The molecular weight excluding hydrogens is 324 g/mol. The Labute approximate surface area is 135 Å². The Morgan fingerprint density at radius 1 is 0.750 bits per heavy atom. The fourth-order valence-corrected chi connectivity index (χ4v) is 2.28. The number of methoxy groups -OCH3 is 1. The minimum absolute atomic E-state index is 0.158. The average Bonchev–Trinajstić information content (AvgIpc) is 2.56. The van der Waals surface area contributed by atoms with E-state index >= 15 is 0 Å². The summed E-state index contributed by atoms with van der Waals surface area (Å²) in [6.07, 6.45) is -3.58. The van der Waals surface area contributed by atoms with E-state index in [2.05, 4.69) is 0 Å². The second-order valence-electron chi connectivity index (χ2n) is 5.12. The molecule has 0 atom stereocenters. The molecule has 0 aliphatic heterocycles. The lowest BCUT2D eigenvalue weighted by atomic mass is 10.1. The summed E-state index contributed by atoms with van der Waals surface area (Å²) in [4.78, 5) is 0. The highest BCUT2D eigenvalue weighted by Crippen LogP contribution is 2.34. The normalized spacial score (nSPS) is 11.5. The number of fused-ring (bicyclic) bond motifs is 1. The van der Waals surface area contributed by atoms with E-state index in [9.17, 15) is 17.6 Å². The third kappa shape index (κ3) is 3.13. The second-order valence-corrected chi connectivity index (χ2v) is 5.12. The number of hydrogen-bond acceptors (Lipinski definition) is 2. The van der Waals surface area contributed by atoms with Gasteiger partial charge in [0.25, 0.3) is 0 Å². The summed E-state index contributed by atoms with van der Waals surface area (Å²) < 4.78 is 64.6. The minimum Gasteiger partial charge on any atom is -0.497 e. The molecule has 3 rings (SSSR count). The standard InChI is InChI=1S/C18H12F4O2/c1-23-14-6-3-13(4-7-14)18(21,22)24-15-5-2-11-9-16(19)17(20)10-12(11)8-15/h2-10H,1H3. The SMILES string of the molecule is COc1ccc(C(F)(F)Oc2ccc3cc(F)c(F)cc3c2)cc1. The lowest BCUT2D eigenvalue weighted by molar-refractivity contribution is -0.185. The molecule has 0 spiro atoms. The molecule has 124 valence electrons. The topological polar surface area (TPSA) is 18.5 Å². The van der Waals surface area contributed by atoms with Gasteiger partial charge in [0.1, 0.15) is 11.5 Å². The van der Waals surface area contributed by atoms with E-state index < -0.39 is 17.7 Å². The summed E-state index contributed by atoms with van der Waals surface area (Å²) in [5.41, 5.74) is -0.353. The van der Waals surface area contributed by atoms with Gasteiger partial charge >= 0.3 is 6.11 Å². The van der Waals surface area contributed by atoms with E-state index in [-0.39, 0.29) is 16.7 Å². The van der Waals surface area contributed by atoms with Crippen molar-refractivity contribution in [1.82, 2.24) is 0 Å². The number of benzene rings is 3. The van der Waals surface area contributed by atoms with Crippen LogP contribution in [0.2, 0.25) is 0 Å². The lowest BCUT2D eigenvalue weighted by Gasteiger charge is -2.19. The van der Waals surface area contributed by atoms with Gasteiger partial charge in [-0.25, -0.2) is 8.78 Å². The van der Waals surface area contributed by atoms with Crippen LogP contribution in [0.1, 0.15) is 5.56 Å². The lowest BCUT2D eigenvalue weighted by Crippen LogP contribution is -2.21. The molecule has 0 aliphatic rings. The van der Waals surface area contributed by atoms with Crippen LogP contribution in [0.4, 0.5) is 17.6 Å². The van der Waals surface area contributed by atoms with Crippen molar-refractivity contribution in [2.24, 2.45) is 0 Å². The van der Waals surface area contributed by atoms with Crippen LogP contribution in [0.3, 0.4) is 0 Å². The predicted octanol–water partition coefficient (Wildman–Crippen LogP) is 5.25. The Hall–Kier alpha value is -2.76. The molecule has 2 nitrogen and oxygen atoms in total. The van der Waals surface area contributed by atoms with E-state index in [1.54, 1.807) is 0 Å². The number of rotatable bonds is 4. The Morgan fingerprint density at radius 2 is 1.33 bits per heavy atom. The molecule has 24 heavy (non-hydrogen) atoms. The van der Waals surface area contributed by atoms with Crippen molar-refractivity contribution in [2.75, 3.05) is 7.11 Å². The van der Waals surface area contributed by atoms with E-state index in [1.165, 1.54) is 49.6 Å². The van der Waals surface area contributed by atoms with Gasteiger partial charge in [-0.1, -0.05) is 6.07 Å². The maximum Gasteiger partial charge on any atom is 0.426 e. The van der Waals surface area contributed by atoms with Gasteiger partial charge < -0.3 is 9.47 Å². The zero-order valence-corrected chi connectivity index (χ0v) is 12.5. The van der Waals surface area contributed by atoms with Gasteiger partial charge in [0, 0.05) is 0 Å². The monoisotopic (exact) mass is 336 g/mol. The van der Waals surface area contributed by atoms with Crippen molar-refractivity contribution in [3.63, 3.8) is 0 Å². The Bertz CT molecular complexity index is 876. The Kier molecular flexibility index (Phi) is 4.05. The first-order valence-corrected chi connectivity index (χ1v) is 6.99. The average molecular weight is 336 g/mol. The Balaban J connectivity index is 1.90. The third-order valence-electron chi connectivity index (χ3n) is 3.52. The van der Waals surface area contributed by atoms with Crippen molar-refractivity contribution < 1.29 is 27.0 Å². The maximum absolute atomic E-state index is 14.2. The van der Waals surface area contributed by atoms with Crippen LogP contribution in [0.5, 0.6) is 11.5 Å². The molecule has 0 fully saturated rings. The van der Waals surface area contributed by atoms with Crippen LogP contribution in [0, 0.1) is 11.6 Å². The van der Waals surface area contributed by atoms with Crippen LogP contribution in [0.15, 0.2) is 54.6 Å². The van der Waals surface area contributed by atoms with Crippen LogP contribution in [-0.4, -0.2) is 7.11 Å². The largest absolute Gasteiger partial charge is 0.497 e. The first-order chi connectivity index (χ1) is 11.4. The van der Waals surface area contributed by atoms with Crippen molar-refractivity contribution in [1.29, 1.82) is 0 Å². The van der Waals surface area contributed by atoms with Crippen LogP contribution < -0.4 is 9.47 Å². The molecule has 3 aromatic carbocycles. The highest BCUT2D eigenvalue weighted by atomic mass is 19.3. The predicted molar refractivity (Wildman–Crippen MR) is 81.4 cm³/mol. The molecule has 0 heterocycles. The molecule has 0 saturated heterocycles. The van der Waals surface area contributed by atoms with Crippen molar-refractivity contribution >= 4 is 10.8 Å². The van der Waals surface area contributed by atoms with Crippen molar-refractivity contribution in [3.05, 3.63) is 71.8 Å². The number of halogens is 4. The van der Waals surface area contributed by atoms with E-state index in [0.29, 0.717) is 11.1 Å². The highest BCUT2D eigenvalue weighted by Gasteiger charge is 2.34. The molecule has 3 aromatic rings. The fourth-order valence-electron chi connectivity index (χ4n) is 2.28. The minimum atomic E-state index is -3.58. The van der Waals surface area contributed by atoms with Gasteiger partial charge in [-0.15, -0.1) is 0 Å². The molecule has 0 bridgehead atoms. The van der Waals surface area contributed by atoms with Gasteiger partial charge in [-0.05, 0) is 59.3 Å². The summed E-state index contributed by atoms with van der Waals surface area (Å²) in [6, 6.07) is 11.0. The van der Waals surface area contributed by atoms with Gasteiger partial charge in [-0.3, -0.25) is 0 Å². The van der Waals surface area contributed by atoms with Gasteiger partial charge in [-0.2, -0.15) is 8.78 Å². The second kappa shape index (κ2) is 6.03. The van der Waals surface area contributed by atoms with Crippen LogP contribution in [-0.2, 0) is 6.11 Å². The van der Waals surface area contributed by atoms with Gasteiger partial charge in [0.15, 0.2) is 11.6 Å². The molecule has 0 N–H and O–H groups in total. The highest BCUT2D eigenvalue weighted by molar-refractivity contribution is 5.84. The molecule has 0 radical (unpaired) electrons. The third-order valence-corrected chi connectivity index (χ3v) is 3.52. The fraction of sp³-hybridized carbons (Fsp3) is 0.111. The summed E-state index contributed by atoms with van der Waals surface area (Å²) in [7, 11) is 1.43. The molecular formula is C18H12F4O2. The Morgan fingerprint density at radius 3 is 1.96 bits per heavy atom. The molecule has 0 aromatic heterocycles. The zero-order chi connectivity index (χ0) is 17.3. The summed E-state index contributed by atoms with van der Waals surface area (Å²) in [5.74, 6) is -1.77. The first-order valence-electron chi connectivity index (χ1n) is 6.99. The van der Waals surface area contributed by atoms with Crippen LogP contribution in [0.25, 0.3) is 10.8 Å². The zero-order valence-electron chi connectivity index (χ0n) is 12.5. The summed E-state index contributed by atoms with van der Waals surface area (Å²) in [6.45, 7) is 0. The molecule has 0 aliphatic carbocycles. The molecule has 0 saturated carbocycles. The van der Waals surface area contributed by atoms with Gasteiger partial charge in [0.2, 0.25) is 0 Å². The molecule has 0 unspecified atom stereocenters. The number of hydrogen-bond donors (Lipinski definition) is 0. The van der Waals surface area contributed by atoms with Crippen molar-refractivity contribution in [2.45, 2.75) is 6.11 Å². The van der Waals surface area contributed by atoms with E-state index in [1.807, 2.05) is 0 Å². The summed E-state index contributed by atoms with van der Waals surface area (Å²) >= 11 is 0. The first kappa shape index (κ1) is 16.1. The number of alkyl halides is 2. The van der Waals surface area contributed by atoms with Crippen LogP contribution >= 0.6 is 0 Å². The van der Waals surface area contributed by atoms with Gasteiger partial charge in [0.05, 0.1) is 12.7 Å². The number of ether oxygens (including phenoxy) is 2. The van der Waals surface area contributed by atoms with E-state index in [0.717, 1.165) is 12.1 Å². The summed E-state index contributed by atoms with van der Waals surface area (Å²) in [5, 5.41) is 0.644.